The van der Waals surface area contributed by atoms with E-state index < -0.39 is 5.97 Å². The van der Waals surface area contributed by atoms with Crippen molar-refractivity contribution in [1.29, 1.82) is 0 Å². The lowest BCUT2D eigenvalue weighted by Gasteiger charge is -2.29. The van der Waals surface area contributed by atoms with E-state index in [1.165, 1.54) is 11.3 Å². The van der Waals surface area contributed by atoms with Gasteiger partial charge < -0.3 is 20.1 Å². The Balaban J connectivity index is 1.34. The second-order valence-corrected chi connectivity index (χ2v) is 11.3. The van der Waals surface area contributed by atoms with Gasteiger partial charge in [-0.25, -0.2) is 9.78 Å². The standard InChI is InChI=1S/C27H33N3O4S/c1-27(2,3)12-10-21-17-22(24(35-21)26(32)33)29-19-6-8-20(9-7-19)34-23-16-18(11-13-28-23)25(31)30-14-4-5-15-30/h11,13,16-17,19-20,29H,4-9,14-15H2,1-3H3,(H,32,33)/t19-,20-. The summed E-state index contributed by atoms with van der Waals surface area (Å²) in [5.74, 6) is 5.87. The van der Waals surface area contributed by atoms with Crippen molar-refractivity contribution in [2.75, 3.05) is 18.4 Å². The zero-order chi connectivity index (χ0) is 25.0. The molecule has 186 valence electrons. The lowest BCUT2D eigenvalue weighted by atomic mass is 9.92. The van der Waals surface area contributed by atoms with Gasteiger partial charge in [0, 0.05) is 42.4 Å². The van der Waals surface area contributed by atoms with E-state index in [0.29, 0.717) is 22.0 Å². The highest BCUT2D eigenvalue weighted by molar-refractivity contribution is 7.15. The summed E-state index contributed by atoms with van der Waals surface area (Å²) in [5.41, 5.74) is 1.12. The molecule has 1 aliphatic carbocycles. The van der Waals surface area contributed by atoms with Gasteiger partial charge in [-0.05, 0) is 71.4 Å². The number of hydrogen-bond acceptors (Lipinski definition) is 6. The van der Waals surface area contributed by atoms with Crippen LogP contribution in [-0.4, -0.2) is 52.1 Å². The number of aromatic nitrogens is 1. The van der Waals surface area contributed by atoms with Gasteiger partial charge in [0.15, 0.2) is 0 Å². The Labute approximate surface area is 210 Å². The maximum atomic E-state index is 12.7. The van der Waals surface area contributed by atoms with Crippen LogP contribution in [-0.2, 0) is 0 Å². The first-order valence-corrected chi connectivity index (χ1v) is 13.1. The van der Waals surface area contributed by atoms with Gasteiger partial charge in [0.05, 0.1) is 10.6 Å². The molecule has 35 heavy (non-hydrogen) atoms. The number of rotatable bonds is 6. The fourth-order valence-electron chi connectivity index (χ4n) is 4.39. The third-order valence-corrected chi connectivity index (χ3v) is 7.22. The predicted molar refractivity (Wildman–Crippen MR) is 137 cm³/mol. The molecule has 7 nitrogen and oxygen atoms in total. The summed E-state index contributed by atoms with van der Waals surface area (Å²) in [6.07, 6.45) is 7.14. The Morgan fingerprint density at radius 3 is 2.54 bits per heavy atom. The molecule has 2 aromatic rings. The Morgan fingerprint density at radius 2 is 1.89 bits per heavy atom. The largest absolute Gasteiger partial charge is 0.477 e. The van der Waals surface area contributed by atoms with E-state index in [9.17, 15) is 14.7 Å². The van der Waals surface area contributed by atoms with Crippen molar-refractivity contribution < 1.29 is 19.4 Å². The van der Waals surface area contributed by atoms with E-state index in [1.54, 1.807) is 18.3 Å². The van der Waals surface area contributed by atoms with E-state index >= 15 is 0 Å². The van der Waals surface area contributed by atoms with E-state index in [4.69, 9.17) is 4.74 Å². The number of likely N-dealkylation sites (tertiary alicyclic amines) is 1. The average molecular weight is 496 g/mol. The summed E-state index contributed by atoms with van der Waals surface area (Å²) >= 11 is 1.21. The number of thiophene rings is 1. The first-order chi connectivity index (χ1) is 16.7. The summed E-state index contributed by atoms with van der Waals surface area (Å²) in [5, 5.41) is 13.1. The van der Waals surface area contributed by atoms with Crippen LogP contribution in [0.5, 0.6) is 5.88 Å². The van der Waals surface area contributed by atoms with Crippen LogP contribution in [0.4, 0.5) is 5.69 Å². The number of carboxylic acid groups (broad SMARTS) is 1. The third kappa shape index (κ3) is 6.76. The minimum absolute atomic E-state index is 0.0207. The lowest BCUT2D eigenvalue weighted by Crippen LogP contribution is -2.31. The van der Waals surface area contributed by atoms with Crippen molar-refractivity contribution in [3.63, 3.8) is 0 Å². The van der Waals surface area contributed by atoms with Crippen LogP contribution in [0.2, 0.25) is 0 Å². The topological polar surface area (TPSA) is 91.8 Å². The number of hydrogen-bond donors (Lipinski definition) is 2. The zero-order valence-corrected chi connectivity index (χ0v) is 21.4. The highest BCUT2D eigenvalue weighted by Gasteiger charge is 2.26. The molecule has 0 aromatic carbocycles. The number of amides is 1. The predicted octanol–water partition coefficient (Wildman–Crippen LogP) is 5.28. The number of carbonyl (C=O) groups is 2. The number of aromatic carboxylic acids is 1. The van der Waals surface area contributed by atoms with Crippen LogP contribution in [0.25, 0.3) is 0 Å². The molecule has 4 rings (SSSR count). The van der Waals surface area contributed by atoms with Crippen molar-refractivity contribution in [3.8, 4) is 17.7 Å². The van der Waals surface area contributed by atoms with E-state index in [-0.39, 0.29) is 23.5 Å². The Morgan fingerprint density at radius 1 is 1.17 bits per heavy atom. The van der Waals surface area contributed by atoms with Crippen LogP contribution in [0.1, 0.15) is 84.2 Å². The van der Waals surface area contributed by atoms with Crippen molar-refractivity contribution >= 4 is 28.9 Å². The molecule has 0 unspecified atom stereocenters. The second-order valence-electron chi connectivity index (χ2n) is 10.3. The molecule has 0 spiro atoms. The molecule has 1 saturated heterocycles. The van der Waals surface area contributed by atoms with E-state index in [0.717, 1.165) is 56.5 Å². The van der Waals surface area contributed by atoms with Crippen molar-refractivity contribution in [3.05, 3.63) is 39.7 Å². The first-order valence-electron chi connectivity index (χ1n) is 12.3. The zero-order valence-electron chi connectivity index (χ0n) is 20.6. The highest BCUT2D eigenvalue weighted by atomic mass is 32.1. The maximum absolute atomic E-state index is 12.7. The molecule has 8 heteroatoms. The van der Waals surface area contributed by atoms with Gasteiger partial charge >= 0.3 is 5.97 Å². The van der Waals surface area contributed by atoms with E-state index in [1.807, 2.05) is 31.7 Å². The third-order valence-electron chi connectivity index (χ3n) is 6.18. The SMILES string of the molecule is CC(C)(C)C#Cc1cc(N[C@H]2CC[C@H](Oc3cc(C(=O)N4CCCC4)ccn3)CC2)c(C(=O)O)s1. The van der Waals surface area contributed by atoms with Crippen molar-refractivity contribution in [1.82, 2.24) is 9.88 Å². The highest BCUT2D eigenvalue weighted by Crippen LogP contribution is 2.31. The molecule has 0 atom stereocenters. The molecule has 1 aliphatic heterocycles. The van der Waals surface area contributed by atoms with Crippen molar-refractivity contribution in [2.45, 2.75) is 71.4 Å². The number of carbonyl (C=O) groups excluding carboxylic acids is 1. The van der Waals surface area contributed by atoms with Gasteiger partial charge in [-0.15, -0.1) is 11.3 Å². The summed E-state index contributed by atoms with van der Waals surface area (Å²) < 4.78 is 6.12. The quantitative estimate of drug-likeness (QED) is 0.530. The average Bonchev–Trinajstić information content (AvgIpc) is 3.49. The molecule has 0 radical (unpaired) electrons. The normalized spacial score (nSPS) is 20.1. The summed E-state index contributed by atoms with van der Waals surface area (Å²) in [6, 6.07) is 5.51. The van der Waals surface area contributed by atoms with Gasteiger partial charge in [-0.3, -0.25) is 4.79 Å². The van der Waals surface area contributed by atoms with Crippen LogP contribution < -0.4 is 10.1 Å². The fourth-order valence-corrected chi connectivity index (χ4v) is 5.21. The molecule has 2 aliphatic rings. The second kappa shape index (κ2) is 10.7. The Hall–Kier alpha value is -3.05. The molecule has 2 aromatic heterocycles. The summed E-state index contributed by atoms with van der Waals surface area (Å²) in [4.78, 5) is 31.7. The number of nitrogens with one attached hydrogen (secondary N) is 1. The van der Waals surface area contributed by atoms with Crippen LogP contribution in [0.3, 0.4) is 0 Å². The molecule has 2 fully saturated rings. The molecule has 0 bridgehead atoms. The molecule has 3 heterocycles. The molecule has 2 N–H and O–H groups in total. The molecule has 1 saturated carbocycles. The van der Waals surface area contributed by atoms with Gasteiger partial charge in [-0.2, -0.15) is 0 Å². The van der Waals surface area contributed by atoms with E-state index in [2.05, 4.69) is 22.1 Å². The number of anilines is 1. The smallest absolute Gasteiger partial charge is 0.348 e. The van der Waals surface area contributed by atoms with Gasteiger partial charge in [-0.1, -0.05) is 11.8 Å². The minimum Gasteiger partial charge on any atom is -0.477 e. The van der Waals surface area contributed by atoms with Crippen LogP contribution in [0, 0.1) is 17.3 Å². The fraction of sp³-hybridized carbons (Fsp3) is 0.519. The molecular formula is C27H33N3O4S. The van der Waals surface area contributed by atoms with Crippen LogP contribution in [0.15, 0.2) is 24.4 Å². The maximum Gasteiger partial charge on any atom is 0.348 e. The monoisotopic (exact) mass is 495 g/mol. The molecule has 1 amide bonds. The first kappa shape index (κ1) is 25.1. The lowest BCUT2D eigenvalue weighted by molar-refractivity contribution is 0.0702. The van der Waals surface area contributed by atoms with Gasteiger partial charge in [0.25, 0.3) is 5.91 Å². The number of ether oxygens (including phenoxy) is 1. The number of nitrogens with zero attached hydrogens (tertiary/aromatic N) is 2. The van der Waals surface area contributed by atoms with Crippen LogP contribution >= 0.6 is 11.3 Å². The number of pyridine rings is 1. The van der Waals surface area contributed by atoms with Gasteiger partial charge in [0.2, 0.25) is 5.88 Å². The summed E-state index contributed by atoms with van der Waals surface area (Å²) in [6.45, 7) is 7.72. The Bertz CT molecular complexity index is 1130. The minimum atomic E-state index is -0.937. The summed E-state index contributed by atoms with van der Waals surface area (Å²) in [7, 11) is 0. The van der Waals surface area contributed by atoms with Crippen molar-refractivity contribution in [2.24, 2.45) is 5.41 Å². The number of carboxylic acids is 1. The Kier molecular flexibility index (Phi) is 7.66. The van der Waals surface area contributed by atoms with Gasteiger partial charge in [0.1, 0.15) is 11.0 Å². The molecular weight excluding hydrogens is 462 g/mol.